The van der Waals surface area contributed by atoms with E-state index in [4.69, 9.17) is 0 Å². The first-order chi connectivity index (χ1) is 9.09. The van der Waals surface area contributed by atoms with Crippen molar-refractivity contribution in [2.75, 3.05) is 0 Å². The number of rotatable bonds is 6. The molecule has 0 amide bonds. The Morgan fingerprint density at radius 3 is 2.37 bits per heavy atom. The van der Waals surface area contributed by atoms with E-state index in [-0.39, 0.29) is 5.92 Å². The number of carbonyl (C=O) groups is 1. The second kappa shape index (κ2) is 6.93. The van der Waals surface area contributed by atoms with Gasteiger partial charge in [0.2, 0.25) is 0 Å². The lowest BCUT2D eigenvalue weighted by molar-refractivity contribution is -0.145. The van der Waals surface area contributed by atoms with Crippen molar-refractivity contribution in [3.63, 3.8) is 0 Å². The van der Waals surface area contributed by atoms with Crippen LogP contribution in [0.4, 0.5) is 0 Å². The van der Waals surface area contributed by atoms with Crippen LogP contribution in [0.3, 0.4) is 0 Å². The lowest BCUT2D eigenvalue weighted by Gasteiger charge is -2.33. The van der Waals surface area contributed by atoms with Crippen LogP contribution in [0.5, 0.6) is 0 Å². The zero-order valence-electron chi connectivity index (χ0n) is 11.8. The fourth-order valence-electron chi connectivity index (χ4n) is 2.46. The topological polar surface area (TPSA) is 37.3 Å². The predicted molar refractivity (Wildman–Crippen MR) is 79.2 cm³/mol. The summed E-state index contributed by atoms with van der Waals surface area (Å²) in [5.74, 6) is -0.851. The van der Waals surface area contributed by atoms with Crippen molar-refractivity contribution in [2.24, 2.45) is 5.92 Å². The van der Waals surface area contributed by atoms with Crippen LogP contribution in [0.1, 0.15) is 32.8 Å². The third-order valence-electron chi connectivity index (χ3n) is 3.60. The molecule has 1 aromatic rings. The van der Waals surface area contributed by atoms with Gasteiger partial charge in [0.25, 0.3) is 0 Å². The first-order valence-corrected chi connectivity index (χ1v) is 6.62. The number of hydrogen-bond donors (Lipinski definition) is 1. The van der Waals surface area contributed by atoms with E-state index < -0.39 is 11.4 Å². The summed E-state index contributed by atoms with van der Waals surface area (Å²) in [7, 11) is 0. The summed E-state index contributed by atoms with van der Waals surface area (Å²) >= 11 is 0. The van der Waals surface area contributed by atoms with Crippen molar-refractivity contribution in [1.82, 2.24) is 0 Å². The summed E-state index contributed by atoms with van der Waals surface area (Å²) in [5.41, 5.74) is -0.0495. The quantitative estimate of drug-likeness (QED) is 0.777. The van der Waals surface area contributed by atoms with Crippen molar-refractivity contribution >= 4 is 5.97 Å². The van der Waals surface area contributed by atoms with Gasteiger partial charge in [-0.3, -0.25) is 4.79 Å². The van der Waals surface area contributed by atoms with Crippen molar-refractivity contribution in [3.05, 3.63) is 60.2 Å². The van der Waals surface area contributed by atoms with E-state index in [1.807, 2.05) is 75.4 Å². The molecule has 0 aliphatic rings. The Morgan fingerprint density at radius 2 is 1.89 bits per heavy atom. The molecule has 19 heavy (non-hydrogen) atoms. The molecule has 0 spiro atoms. The van der Waals surface area contributed by atoms with Crippen molar-refractivity contribution < 1.29 is 9.90 Å². The Labute approximate surface area is 115 Å². The third-order valence-corrected chi connectivity index (χ3v) is 3.60. The maximum Gasteiger partial charge on any atom is 0.315 e. The van der Waals surface area contributed by atoms with Crippen LogP contribution in [0.25, 0.3) is 0 Å². The standard InChI is InChI=1S/C17H22O2/c1-4-6-13-17(16(18)19,14(3)10-5-2)15-11-8-7-9-12-15/h4-12,14H,13H2,1-3H3,(H,18,19). The smallest absolute Gasteiger partial charge is 0.315 e. The zero-order chi connectivity index (χ0) is 14.3. The Kier molecular flexibility index (Phi) is 5.56. The fourth-order valence-corrected chi connectivity index (χ4v) is 2.46. The van der Waals surface area contributed by atoms with Crippen LogP contribution >= 0.6 is 0 Å². The van der Waals surface area contributed by atoms with Gasteiger partial charge in [-0.05, 0) is 31.7 Å². The molecule has 0 aliphatic carbocycles. The molecule has 1 aromatic carbocycles. The minimum atomic E-state index is -0.902. The van der Waals surface area contributed by atoms with E-state index in [0.717, 1.165) is 5.56 Å². The van der Waals surface area contributed by atoms with Gasteiger partial charge in [-0.15, -0.1) is 0 Å². The molecule has 2 nitrogen and oxygen atoms in total. The molecule has 0 fully saturated rings. The second-order valence-electron chi connectivity index (χ2n) is 4.73. The van der Waals surface area contributed by atoms with Crippen molar-refractivity contribution in [1.29, 1.82) is 0 Å². The van der Waals surface area contributed by atoms with Gasteiger partial charge in [-0.2, -0.15) is 0 Å². The highest BCUT2D eigenvalue weighted by Gasteiger charge is 2.43. The van der Waals surface area contributed by atoms with E-state index in [2.05, 4.69) is 0 Å². The summed E-state index contributed by atoms with van der Waals surface area (Å²) in [6.45, 7) is 5.80. The molecular formula is C17H22O2. The van der Waals surface area contributed by atoms with E-state index >= 15 is 0 Å². The average Bonchev–Trinajstić information content (AvgIpc) is 2.41. The van der Waals surface area contributed by atoms with Crippen molar-refractivity contribution in [2.45, 2.75) is 32.6 Å². The average molecular weight is 258 g/mol. The first-order valence-electron chi connectivity index (χ1n) is 6.62. The number of carboxylic acids is 1. The number of benzene rings is 1. The van der Waals surface area contributed by atoms with Gasteiger partial charge in [0, 0.05) is 0 Å². The van der Waals surface area contributed by atoms with Crippen molar-refractivity contribution in [3.8, 4) is 0 Å². The van der Waals surface area contributed by atoms with E-state index in [0.29, 0.717) is 6.42 Å². The summed E-state index contributed by atoms with van der Waals surface area (Å²) in [6, 6.07) is 9.50. The molecule has 0 heterocycles. The number of allylic oxidation sites excluding steroid dienone is 4. The number of aliphatic carboxylic acids is 1. The Balaban J connectivity index is 3.39. The summed E-state index contributed by atoms with van der Waals surface area (Å²) < 4.78 is 0. The highest BCUT2D eigenvalue weighted by atomic mass is 16.4. The molecule has 2 atom stereocenters. The van der Waals surface area contributed by atoms with E-state index in [1.54, 1.807) is 0 Å². The fraction of sp³-hybridized carbons (Fsp3) is 0.353. The largest absolute Gasteiger partial charge is 0.481 e. The molecule has 0 aromatic heterocycles. The molecule has 2 unspecified atom stereocenters. The monoisotopic (exact) mass is 258 g/mol. The molecule has 1 rings (SSSR count). The zero-order valence-corrected chi connectivity index (χ0v) is 11.8. The van der Waals surface area contributed by atoms with Gasteiger partial charge in [0.05, 0.1) is 0 Å². The molecular weight excluding hydrogens is 236 g/mol. The van der Waals surface area contributed by atoms with Gasteiger partial charge in [0.15, 0.2) is 0 Å². The molecule has 1 N–H and O–H groups in total. The molecule has 0 aliphatic heterocycles. The normalized spacial score (nSPS) is 16.6. The third kappa shape index (κ3) is 3.14. The molecule has 0 bridgehead atoms. The molecule has 0 radical (unpaired) electrons. The minimum absolute atomic E-state index is 0.0754. The Hall–Kier alpha value is -1.83. The lowest BCUT2D eigenvalue weighted by atomic mass is 9.68. The first kappa shape index (κ1) is 15.2. The lowest BCUT2D eigenvalue weighted by Crippen LogP contribution is -2.41. The van der Waals surface area contributed by atoms with Crippen LogP contribution in [-0.4, -0.2) is 11.1 Å². The van der Waals surface area contributed by atoms with Crippen LogP contribution in [-0.2, 0) is 10.2 Å². The molecule has 0 saturated carbocycles. The number of hydrogen-bond acceptors (Lipinski definition) is 1. The maximum atomic E-state index is 12.0. The van der Waals surface area contributed by atoms with Gasteiger partial charge < -0.3 is 5.11 Å². The highest BCUT2D eigenvalue weighted by molar-refractivity contribution is 5.82. The van der Waals surface area contributed by atoms with E-state index in [1.165, 1.54) is 0 Å². The SMILES string of the molecule is CC=CCC(C(=O)O)(c1ccccc1)C(C)C=CC. The Bertz CT molecular complexity index is 459. The van der Waals surface area contributed by atoms with Gasteiger partial charge in [-0.1, -0.05) is 61.6 Å². The van der Waals surface area contributed by atoms with Crippen LogP contribution in [0.15, 0.2) is 54.6 Å². The second-order valence-corrected chi connectivity index (χ2v) is 4.73. The van der Waals surface area contributed by atoms with Gasteiger partial charge in [-0.25, -0.2) is 0 Å². The van der Waals surface area contributed by atoms with Gasteiger partial charge in [0.1, 0.15) is 5.41 Å². The molecule has 0 saturated heterocycles. The van der Waals surface area contributed by atoms with Crippen LogP contribution in [0, 0.1) is 5.92 Å². The summed E-state index contributed by atoms with van der Waals surface area (Å²) in [4.78, 5) is 12.0. The summed E-state index contributed by atoms with van der Waals surface area (Å²) in [6.07, 6.45) is 8.21. The highest BCUT2D eigenvalue weighted by Crippen LogP contribution is 2.37. The minimum Gasteiger partial charge on any atom is -0.481 e. The predicted octanol–water partition coefficient (Wildman–Crippen LogP) is 4.19. The van der Waals surface area contributed by atoms with Crippen LogP contribution in [0.2, 0.25) is 0 Å². The Morgan fingerprint density at radius 1 is 1.26 bits per heavy atom. The maximum absolute atomic E-state index is 12.0. The van der Waals surface area contributed by atoms with Gasteiger partial charge >= 0.3 is 5.97 Å². The van der Waals surface area contributed by atoms with Crippen LogP contribution < -0.4 is 0 Å². The summed E-state index contributed by atoms with van der Waals surface area (Å²) in [5, 5.41) is 9.83. The molecule has 102 valence electrons. The van der Waals surface area contributed by atoms with E-state index in [9.17, 15) is 9.90 Å². The number of carboxylic acid groups (broad SMARTS) is 1. The molecule has 2 heteroatoms.